The van der Waals surface area contributed by atoms with Crippen LogP contribution in [0.15, 0.2) is 48.0 Å². The second kappa shape index (κ2) is 10.4. The molecule has 0 spiro atoms. The lowest BCUT2D eigenvalue weighted by Crippen LogP contribution is -2.39. The number of hydrogen-bond acceptors (Lipinski definition) is 6. The van der Waals surface area contributed by atoms with Crippen molar-refractivity contribution in [2.75, 3.05) is 31.5 Å². The van der Waals surface area contributed by atoms with Gasteiger partial charge < -0.3 is 15.0 Å². The SMILES string of the molecule is Clc1ccc(OC2CCN(CCCNc3nccc(-c4cccs4)n3)CC2)cc1Cl. The first-order chi connectivity index (χ1) is 14.7. The molecule has 0 amide bonds. The maximum Gasteiger partial charge on any atom is 0.223 e. The van der Waals surface area contributed by atoms with Crippen LogP contribution in [0.2, 0.25) is 10.0 Å². The minimum atomic E-state index is 0.227. The number of rotatable bonds is 8. The third-order valence-corrected chi connectivity index (χ3v) is 6.72. The highest BCUT2D eigenvalue weighted by Gasteiger charge is 2.20. The molecule has 0 atom stereocenters. The van der Waals surface area contributed by atoms with Crippen LogP contribution in [-0.2, 0) is 0 Å². The van der Waals surface area contributed by atoms with Crippen molar-refractivity contribution in [2.45, 2.75) is 25.4 Å². The largest absolute Gasteiger partial charge is 0.490 e. The molecule has 0 saturated carbocycles. The third kappa shape index (κ3) is 5.85. The number of likely N-dealkylation sites (tertiary alicyclic amines) is 1. The lowest BCUT2D eigenvalue weighted by atomic mass is 10.1. The number of hydrogen-bond donors (Lipinski definition) is 1. The molecule has 3 heterocycles. The molecule has 1 saturated heterocycles. The maximum atomic E-state index is 6.07. The molecule has 0 unspecified atom stereocenters. The van der Waals surface area contributed by atoms with E-state index in [0.717, 1.165) is 61.8 Å². The lowest BCUT2D eigenvalue weighted by Gasteiger charge is -2.32. The van der Waals surface area contributed by atoms with E-state index in [1.165, 1.54) is 0 Å². The number of nitrogens with zero attached hydrogens (tertiary/aromatic N) is 3. The summed E-state index contributed by atoms with van der Waals surface area (Å²) in [5, 5.41) is 6.49. The number of nitrogens with one attached hydrogen (secondary N) is 1. The van der Waals surface area contributed by atoms with Gasteiger partial charge in [0.05, 0.1) is 20.6 Å². The van der Waals surface area contributed by atoms with Crippen molar-refractivity contribution in [3.63, 3.8) is 0 Å². The molecular formula is C22H24Cl2N4OS. The maximum absolute atomic E-state index is 6.07. The highest BCUT2D eigenvalue weighted by Crippen LogP contribution is 2.28. The van der Waals surface area contributed by atoms with Crippen LogP contribution in [0.4, 0.5) is 5.95 Å². The van der Waals surface area contributed by atoms with Gasteiger partial charge in [-0.05, 0) is 55.5 Å². The predicted molar refractivity (Wildman–Crippen MR) is 125 cm³/mol. The molecule has 1 aromatic carbocycles. The van der Waals surface area contributed by atoms with Crippen molar-refractivity contribution in [1.29, 1.82) is 0 Å². The van der Waals surface area contributed by atoms with E-state index in [2.05, 4.69) is 31.6 Å². The van der Waals surface area contributed by atoms with Crippen LogP contribution in [-0.4, -0.2) is 47.2 Å². The first-order valence-electron chi connectivity index (χ1n) is 10.1. The molecule has 0 aliphatic carbocycles. The van der Waals surface area contributed by atoms with Gasteiger partial charge >= 0.3 is 0 Å². The summed E-state index contributed by atoms with van der Waals surface area (Å²) in [4.78, 5) is 12.6. The van der Waals surface area contributed by atoms with E-state index in [9.17, 15) is 0 Å². The van der Waals surface area contributed by atoms with E-state index < -0.39 is 0 Å². The first kappa shape index (κ1) is 21.4. The van der Waals surface area contributed by atoms with E-state index in [0.29, 0.717) is 16.0 Å². The monoisotopic (exact) mass is 462 g/mol. The van der Waals surface area contributed by atoms with Gasteiger partial charge in [-0.25, -0.2) is 9.97 Å². The number of benzene rings is 1. The van der Waals surface area contributed by atoms with Crippen molar-refractivity contribution in [3.8, 4) is 16.3 Å². The molecule has 2 aromatic heterocycles. The summed E-state index contributed by atoms with van der Waals surface area (Å²) in [6.07, 6.45) is 5.11. The van der Waals surface area contributed by atoms with E-state index >= 15 is 0 Å². The minimum Gasteiger partial charge on any atom is -0.490 e. The van der Waals surface area contributed by atoms with Gasteiger partial charge in [0, 0.05) is 31.9 Å². The summed E-state index contributed by atoms with van der Waals surface area (Å²) >= 11 is 13.7. The number of ether oxygens (including phenoxy) is 1. The number of halogens is 2. The van der Waals surface area contributed by atoms with Gasteiger partial charge in [-0.1, -0.05) is 29.3 Å². The Balaban J connectivity index is 1.16. The summed E-state index contributed by atoms with van der Waals surface area (Å²) in [6, 6.07) is 11.5. The molecule has 30 heavy (non-hydrogen) atoms. The molecule has 158 valence electrons. The van der Waals surface area contributed by atoms with Gasteiger partial charge in [0.15, 0.2) is 0 Å². The Hall–Kier alpha value is -1.86. The Labute approximate surface area is 191 Å². The Morgan fingerprint density at radius 2 is 2.00 bits per heavy atom. The second-order valence-electron chi connectivity index (χ2n) is 7.26. The van der Waals surface area contributed by atoms with Gasteiger partial charge in [0.2, 0.25) is 5.95 Å². The molecule has 1 fully saturated rings. The number of aromatic nitrogens is 2. The molecule has 1 N–H and O–H groups in total. The zero-order valence-electron chi connectivity index (χ0n) is 16.6. The van der Waals surface area contributed by atoms with Crippen LogP contribution in [0.25, 0.3) is 10.6 Å². The van der Waals surface area contributed by atoms with Crippen LogP contribution in [0.1, 0.15) is 19.3 Å². The minimum absolute atomic E-state index is 0.227. The molecule has 0 radical (unpaired) electrons. The van der Waals surface area contributed by atoms with E-state index in [4.69, 9.17) is 27.9 Å². The van der Waals surface area contributed by atoms with Crippen molar-refractivity contribution in [1.82, 2.24) is 14.9 Å². The smallest absolute Gasteiger partial charge is 0.223 e. The van der Waals surface area contributed by atoms with Gasteiger partial charge in [-0.2, -0.15) is 0 Å². The van der Waals surface area contributed by atoms with Crippen molar-refractivity contribution in [2.24, 2.45) is 0 Å². The fraction of sp³-hybridized carbons (Fsp3) is 0.364. The quantitative estimate of drug-likeness (QED) is 0.425. The average molecular weight is 463 g/mol. The third-order valence-electron chi connectivity index (χ3n) is 5.09. The Kier molecular flexibility index (Phi) is 7.44. The average Bonchev–Trinajstić information content (AvgIpc) is 3.30. The Morgan fingerprint density at radius 3 is 2.77 bits per heavy atom. The Morgan fingerprint density at radius 1 is 1.13 bits per heavy atom. The molecule has 5 nitrogen and oxygen atoms in total. The number of piperidine rings is 1. The summed E-state index contributed by atoms with van der Waals surface area (Å²) < 4.78 is 6.07. The molecule has 1 aliphatic rings. The first-order valence-corrected chi connectivity index (χ1v) is 11.8. The summed E-state index contributed by atoms with van der Waals surface area (Å²) in [5.74, 6) is 1.48. The van der Waals surface area contributed by atoms with Crippen LogP contribution in [0, 0.1) is 0 Å². The van der Waals surface area contributed by atoms with Crippen molar-refractivity contribution in [3.05, 3.63) is 58.0 Å². The normalized spacial score (nSPS) is 15.3. The van der Waals surface area contributed by atoms with Gasteiger partial charge in [0.25, 0.3) is 0 Å². The van der Waals surface area contributed by atoms with Crippen molar-refractivity contribution >= 4 is 40.5 Å². The van der Waals surface area contributed by atoms with Crippen LogP contribution in [0.3, 0.4) is 0 Å². The number of thiophene rings is 1. The van der Waals surface area contributed by atoms with Gasteiger partial charge in [0.1, 0.15) is 11.9 Å². The number of anilines is 1. The Bertz CT molecular complexity index is 946. The molecule has 3 aromatic rings. The predicted octanol–water partition coefficient (Wildman–Crippen LogP) is 5.86. The highest BCUT2D eigenvalue weighted by molar-refractivity contribution is 7.13. The van der Waals surface area contributed by atoms with Crippen LogP contribution < -0.4 is 10.1 Å². The van der Waals surface area contributed by atoms with E-state index in [-0.39, 0.29) is 6.10 Å². The summed E-state index contributed by atoms with van der Waals surface area (Å²) in [5.41, 5.74) is 0.964. The second-order valence-corrected chi connectivity index (χ2v) is 9.02. The van der Waals surface area contributed by atoms with Crippen LogP contribution in [0.5, 0.6) is 5.75 Å². The fourth-order valence-electron chi connectivity index (χ4n) is 3.50. The van der Waals surface area contributed by atoms with Crippen LogP contribution >= 0.6 is 34.5 Å². The summed E-state index contributed by atoms with van der Waals surface area (Å²) in [6.45, 7) is 3.98. The molecule has 4 rings (SSSR count). The summed E-state index contributed by atoms with van der Waals surface area (Å²) in [7, 11) is 0. The van der Waals surface area contributed by atoms with E-state index in [1.807, 2.05) is 24.4 Å². The van der Waals surface area contributed by atoms with Crippen molar-refractivity contribution < 1.29 is 4.74 Å². The van der Waals surface area contributed by atoms with E-state index in [1.54, 1.807) is 23.5 Å². The fourth-order valence-corrected chi connectivity index (χ4v) is 4.48. The molecule has 0 bridgehead atoms. The van der Waals surface area contributed by atoms with Gasteiger partial charge in [-0.15, -0.1) is 11.3 Å². The van der Waals surface area contributed by atoms with Gasteiger partial charge in [-0.3, -0.25) is 0 Å². The zero-order valence-corrected chi connectivity index (χ0v) is 18.9. The molecule has 8 heteroatoms. The topological polar surface area (TPSA) is 50.3 Å². The lowest BCUT2D eigenvalue weighted by molar-refractivity contribution is 0.100. The standard InChI is InChI=1S/C22H24Cl2N4OS/c23-18-5-4-17(15-19(18)24)29-16-7-12-28(13-8-16)11-2-9-25-22-26-10-6-20(27-22)21-3-1-14-30-21/h1,3-6,10,14-16H,2,7-9,11-13H2,(H,25,26,27). The molecular weight excluding hydrogens is 439 g/mol. The molecule has 1 aliphatic heterocycles. The highest BCUT2D eigenvalue weighted by atomic mass is 35.5. The zero-order chi connectivity index (χ0) is 20.8.